The number of nitrogens with two attached hydrogens (primary N) is 2. The molecule has 110 valence electrons. The molecule has 0 aliphatic heterocycles. The highest BCUT2D eigenvalue weighted by atomic mass is 79.9. The first-order valence-corrected chi connectivity index (χ1v) is 8.08. The fourth-order valence-corrected chi connectivity index (χ4v) is 2.61. The Balaban J connectivity index is 2.22. The molecule has 1 heterocycles. The van der Waals surface area contributed by atoms with Gasteiger partial charge in [-0.2, -0.15) is 0 Å². The molecule has 1 aromatic heterocycles. The molecule has 0 radical (unpaired) electrons. The van der Waals surface area contributed by atoms with Crippen LogP contribution >= 0.6 is 31.9 Å². The normalized spacial score (nSPS) is 10.6. The van der Waals surface area contributed by atoms with Crippen molar-refractivity contribution in [3.63, 3.8) is 0 Å². The summed E-state index contributed by atoms with van der Waals surface area (Å²) in [5.41, 5.74) is 15.0. The Bertz CT molecular complexity index is 744. The largest absolute Gasteiger partial charge is 0.381 e. The maximum absolute atomic E-state index is 5.84. The molecule has 0 amide bonds. The van der Waals surface area contributed by atoms with E-state index < -0.39 is 0 Å². The van der Waals surface area contributed by atoms with E-state index in [0.717, 1.165) is 20.1 Å². The van der Waals surface area contributed by atoms with Crippen LogP contribution in [-0.2, 0) is 0 Å². The third kappa shape index (κ3) is 2.98. The lowest BCUT2D eigenvalue weighted by Crippen LogP contribution is -2.04. The molecule has 0 saturated heterocycles. The summed E-state index contributed by atoms with van der Waals surface area (Å²) in [5.74, 6) is 0.470. The molecule has 3 rings (SSSR count). The first kappa shape index (κ1) is 15.0. The molecule has 22 heavy (non-hydrogen) atoms. The lowest BCUT2D eigenvalue weighted by molar-refractivity contribution is 1.23. The van der Waals surface area contributed by atoms with Gasteiger partial charge in [0.15, 0.2) is 11.6 Å². The van der Waals surface area contributed by atoms with Crippen LogP contribution in [0.1, 0.15) is 0 Å². The van der Waals surface area contributed by atoms with Crippen molar-refractivity contribution in [3.05, 3.63) is 57.5 Å². The van der Waals surface area contributed by atoms with Crippen LogP contribution in [-0.4, -0.2) is 9.97 Å². The predicted octanol–water partition coefficient (Wildman–Crippen LogP) is 4.50. The second-order valence-electron chi connectivity index (χ2n) is 4.71. The van der Waals surface area contributed by atoms with Crippen LogP contribution in [0.15, 0.2) is 57.5 Å². The first-order chi connectivity index (χ1) is 10.5. The van der Waals surface area contributed by atoms with Gasteiger partial charge in [-0.1, -0.05) is 56.1 Å². The van der Waals surface area contributed by atoms with E-state index in [1.165, 1.54) is 0 Å². The predicted molar refractivity (Wildman–Crippen MR) is 97.1 cm³/mol. The summed E-state index contributed by atoms with van der Waals surface area (Å²) in [6, 6.07) is 15.7. The minimum Gasteiger partial charge on any atom is -0.381 e. The number of aromatic nitrogens is 2. The van der Waals surface area contributed by atoms with Gasteiger partial charge < -0.3 is 11.5 Å². The fraction of sp³-hybridized carbons (Fsp3) is 0. The Labute approximate surface area is 144 Å². The van der Waals surface area contributed by atoms with Crippen molar-refractivity contribution in [2.45, 2.75) is 0 Å². The highest BCUT2D eigenvalue weighted by Gasteiger charge is 2.14. The van der Waals surface area contributed by atoms with Crippen LogP contribution in [0.3, 0.4) is 0 Å². The van der Waals surface area contributed by atoms with Crippen molar-refractivity contribution >= 4 is 43.5 Å². The van der Waals surface area contributed by atoms with Gasteiger partial charge in [0.05, 0.1) is 11.4 Å². The van der Waals surface area contributed by atoms with Gasteiger partial charge in [-0.15, -0.1) is 0 Å². The molecular weight excluding hydrogens is 408 g/mol. The van der Waals surface area contributed by atoms with Crippen LogP contribution in [0.2, 0.25) is 0 Å². The average molecular weight is 420 g/mol. The molecule has 0 spiro atoms. The molecular formula is C16H12Br2N4. The highest BCUT2D eigenvalue weighted by molar-refractivity contribution is 9.10. The zero-order chi connectivity index (χ0) is 15.7. The van der Waals surface area contributed by atoms with E-state index in [9.17, 15) is 0 Å². The SMILES string of the molecule is Nc1nc(-c2ccc(Br)cc2)c(-c2ccc(Br)cc2)nc1N. The summed E-state index contributed by atoms with van der Waals surface area (Å²) in [5, 5.41) is 0. The summed E-state index contributed by atoms with van der Waals surface area (Å²) >= 11 is 6.86. The maximum Gasteiger partial charge on any atom is 0.166 e. The maximum atomic E-state index is 5.84. The van der Waals surface area contributed by atoms with Gasteiger partial charge >= 0.3 is 0 Å². The summed E-state index contributed by atoms with van der Waals surface area (Å²) in [6.45, 7) is 0. The molecule has 0 unspecified atom stereocenters. The van der Waals surface area contributed by atoms with Crippen molar-refractivity contribution in [3.8, 4) is 22.5 Å². The number of nitrogens with zero attached hydrogens (tertiary/aromatic N) is 2. The Kier molecular flexibility index (Phi) is 4.13. The molecule has 0 aliphatic rings. The summed E-state index contributed by atoms with van der Waals surface area (Å²) in [6.07, 6.45) is 0. The quantitative estimate of drug-likeness (QED) is 0.640. The first-order valence-electron chi connectivity index (χ1n) is 6.49. The molecule has 4 N–H and O–H groups in total. The summed E-state index contributed by atoms with van der Waals surface area (Å²) in [4.78, 5) is 8.87. The van der Waals surface area contributed by atoms with E-state index in [1.54, 1.807) is 0 Å². The second-order valence-corrected chi connectivity index (χ2v) is 6.54. The van der Waals surface area contributed by atoms with Crippen molar-refractivity contribution < 1.29 is 0 Å². The fourth-order valence-electron chi connectivity index (χ4n) is 2.08. The monoisotopic (exact) mass is 418 g/mol. The van der Waals surface area contributed by atoms with Crippen LogP contribution in [0, 0.1) is 0 Å². The number of nitrogen functional groups attached to an aromatic ring is 2. The van der Waals surface area contributed by atoms with E-state index in [-0.39, 0.29) is 11.6 Å². The second kappa shape index (κ2) is 6.06. The molecule has 6 heteroatoms. The van der Waals surface area contributed by atoms with Gasteiger partial charge in [0.2, 0.25) is 0 Å². The Morgan fingerprint density at radius 1 is 0.591 bits per heavy atom. The number of hydrogen-bond donors (Lipinski definition) is 2. The smallest absolute Gasteiger partial charge is 0.166 e. The summed E-state index contributed by atoms with van der Waals surface area (Å²) in [7, 11) is 0. The van der Waals surface area contributed by atoms with Gasteiger partial charge in [-0.25, -0.2) is 9.97 Å². The third-order valence-corrected chi connectivity index (χ3v) is 4.24. The van der Waals surface area contributed by atoms with Gasteiger partial charge in [0, 0.05) is 20.1 Å². The van der Waals surface area contributed by atoms with E-state index >= 15 is 0 Å². The molecule has 0 bridgehead atoms. The summed E-state index contributed by atoms with van der Waals surface area (Å²) < 4.78 is 2.00. The van der Waals surface area contributed by atoms with Crippen LogP contribution in [0.25, 0.3) is 22.5 Å². The number of halogens is 2. The van der Waals surface area contributed by atoms with E-state index in [0.29, 0.717) is 11.4 Å². The number of rotatable bonds is 2. The zero-order valence-corrected chi connectivity index (χ0v) is 14.6. The minimum atomic E-state index is 0.235. The molecule has 4 nitrogen and oxygen atoms in total. The molecule has 2 aromatic carbocycles. The van der Waals surface area contributed by atoms with Crippen molar-refractivity contribution in [1.82, 2.24) is 9.97 Å². The minimum absolute atomic E-state index is 0.235. The van der Waals surface area contributed by atoms with Crippen molar-refractivity contribution in [2.24, 2.45) is 0 Å². The topological polar surface area (TPSA) is 77.8 Å². The highest BCUT2D eigenvalue weighted by Crippen LogP contribution is 2.32. The third-order valence-electron chi connectivity index (χ3n) is 3.19. The van der Waals surface area contributed by atoms with Gasteiger partial charge in [-0.3, -0.25) is 0 Å². The molecule has 0 aliphatic carbocycles. The molecule has 3 aromatic rings. The lowest BCUT2D eigenvalue weighted by Gasteiger charge is -2.11. The van der Waals surface area contributed by atoms with E-state index in [2.05, 4.69) is 41.8 Å². The zero-order valence-electron chi connectivity index (χ0n) is 11.4. The van der Waals surface area contributed by atoms with Gasteiger partial charge in [0.1, 0.15) is 0 Å². The Morgan fingerprint density at radius 2 is 0.909 bits per heavy atom. The standard InChI is InChI=1S/C16H12Br2N4/c17-11-5-1-9(2-6-11)13-14(22-16(20)15(19)21-13)10-3-7-12(18)8-4-10/h1-8H,(H2,19,21)(H2,20,22). The molecule has 0 saturated carbocycles. The molecule has 0 atom stereocenters. The number of hydrogen-bond acceptors (Lipinski definition) is 4. The van der Waals surface area contributed by atoms with Crippen LogP contribution < -0.4 is 11.5 Å². The number of benzene rings is 2. The number of anilines is 2. The van der Waals surface area contributed by atoms with Crippen LogP contribution in [0.5, 0.6) is 0 Å². The Morgan fingerprint density at radius 3 is 1.23 bits per heavy atom. The van der Waals surface area contributed by atoms with Gasteiger partial charge in [0.25, 0.3) is 0 Å². The lowest BCUT2D eigenvalue weighted by atomic mass is 10.0. The average Bonchev–Trinajstić information content (AvgIpc) is 2.51. The van der Waals surface area contributed by atoms with Gasteiger partial charge in [-0.05, 0) is 24.3 Å². The van der Waals surface area contributed by atoms with Crippen molar-refractivity contribution in [1.29, 1.82) is 0 Å². The van der Waals surface area contributed by atoms with E-state index in [1.807, 2.05) is 48.5 Å². The van der Waals surface area contributed by atoms with Crippen LogP contribution in [0.4, 0.5) is 11.6 Å². The van der Waals surface area contributed by atoms with E-state index in [4.69, 9.17) is 11.5 Å². The molecule has 0 fully saturated rings. The Hall–Kier alpha value is -1.92. The van der Waals surface area contributed by atoms with Crippen molar-refractivity contribution in [2.75, 3.05) is 11.5 Å².